The van der Waals surface area contributed by atoms with Gasteiger partial charge in [0.1, 0.15) is 5.84 Å². The number of nitrogens with two attached hydrogens (primary N) is 1. The molecule has 0 saturated heterocycles. The second-order valence-corrected chi connectivity index (χ2v) is 8.01. The Morgan fingerprint density at radius 1 is 0.943 bits per heavy atom. The van der Waals surface area contributed by atoms with Crippen LogP contribution >= 0.6 is 0 Å². The van der Waals surface area contributed by atoms with E-state index in [0.29, 0.717) is 18.2 Å². The molecule has 184 valence electrons. The fourth-order valence-corrected chi connectivity index (χ4v) is 3.20. The van der Waals surface area contributed by atoms with Crippen LogP contribution in [-0.2, 0) is 0 Å². The van der Waals surface area contributed by atoms with Gasteiger partial charge in [0.2, 0.25) is 0 Å². The third-order valence-corrected chi connectivity index (χ3v) is 4.80. The molecule has 2 aromatic carbocycles. The van der Waals surface area contributed by atoms with Crippen molar-refractivity contribution in [1.82, 2.24) is 0 Å². The van der Waals surface area contributed by atoms with Crippen LogP contribution in [0.5, 0.6) is 0 Å². The minimum absolute atomic E-state index is 0.434. The summed E-state index contributed by atoms with van der Waals surface area (Å²) in [5.74, 6) is 1.04. The largest absolute Gasteiger partial charge is 0.383 e. The highest BCUT2D eigenvalue weighted by Crippen LogP contribution is 2.21. The second-order valence-electron chi connectivity index (χ2n) is 8.01. The number of aryl methyl sites for hydroxylation is 1. The highest BCUT2D eigenvalue weighted by atomic mass is 15.0. The first-order chi connectivity index (χ1) is 16.9. The van der Waals surface area contributed by atoms with E-state index in [1.54, 1.807) is 6.08 Å². The molecule has 0 spiro atoms. The van der Waals surface area contributed by atoms with Crippen LogP contribution in [0.1, 0.15) is 52.2 Å². The van der Waals surface area contributed by atoms with Gasteiger partial charge in [0.25, 0.3) is 0 Å². The molecule has 0 atom stereocenters. The smallest absolute Gasteiger partial charge is 0.156 e. The molecule has 0 radical (unpaired) electrons. The van der Waals surface area contributed by atoms with Gasteiger partial charge in [-0.25, -0.2) is 4.99 Å². The zero-order valence-corrected chi connectivity index (χ0v) is 22.3. The third-order valence-electron chi connectivity index (χ3n) is 4.80. The first-order valence-corrected chi connectivity index (χ1v) is 12.2. The summed E-state index contributed by atoms with van der Waals surface area (Å²) in [5.41, 5.74) is 12.8. The number of benzene rings is 2. The molecule has 0 bridgehead atoms. The first-order valence-electron chi connectivity index (χ1n) is 12.2. The van der Waals surface area contributed by atoms with Gasteiger partial charge in [0, 0.05) is 11.1 Å². The first kappa shape index (κ1) is 29.3. The molecule has 0 fully saturated rings. The molecule has 2 aromatic rings. The highest BCUT2D eigenvalue weighted by molar-refractivity contribution is 6.12. The maximum Gasteiger partial charge on any atom is 0.156 e. The van der Waals surface area contributed by atoms with Crippen LogP contribution < -0.4 is 5.73 Å². The van der Waals surface area contributed by atoms with Gasteiger partial charge >= 0.3 is 0 Å². The molecule has 2 rings (SSSR count). The predicted molar refractivity (Wildman–Crippen MR) is 157 cm³/mol. The predicted octanol–water partition coefficient (Wildman–Crippen LogP) is 8.39. The maximum absolute atomic E-state index is 6.39. The topological polar surface area (TPSA) is 50.7 Å². The van der Waals surface area contributed by atoms with Crippen molar-refractivity contribution in [2.75, 3.05) is 6.54 Å². The summed E-state index contributed by atoms with van der Waals surface area (Å²) in [6.07, 6.45) is 14.9. The molecule has 0 aromatic heterocycles. The lowest BCUT2D eigenvalue weighted by molar-refractivity contribution is 1.09. The van der Waals surface area contributed by atoms with E-state index in [0.717, 1.165) is 22.3 Å². The van der Waals surface area contributed by atoms with Crippen molar-refractivity contribution in [1.29, 1.82) is 0 Å². The quantitative estimate of drug-likeness (QED) is 0.236. The number of hydrogen-bond donors (Lipinski definition) is 1. The second kappa shape index (κ2) is 16.8. The standard InChI is InChI=1S/C29H33N3.C3H8/c1-6-11-23(12-7-2)21-31-29(24(9-4)13-8-3)32-28(30)26-18-16-25(17-19-26)27-15-10-14-22(5)20-27;1-3-2/h6-20H,1,21H2,2-5H3,(H2,30,31,32);3H2,1-2H3/b12-7-,13-8-,23-11+,24-9+;. The van der Waals surface area contributed by atoms with Gasteiger partial charge in [-0.3, -0.25) is 4.99 Å². The van der Waals surface area contributed by atoms with E-state index in [-0.39, 0.29) is 0 Å². The van der Waals surface area contributed by atoms with Crippen LogP contribution in [0.15, 0.2) is 119 Å². The molecule has 0 aliphatic carbocycles. The summed E-state index contributed by atoms with van der Waals surface area (Å²) < 4.78 is 0. The van der Waals surface area contributed by atoms with Crippen molar-refractivity contribution in [2.45, 2.75) is 48.0 Å². The summed E-state index contributed by atoms with van der Waals surface area (Å²) in [6, 6.07) is 16.6. The van der Waals surface area contributed by atoms with Gasteiger partial charge in [0.05, 0.1) is 6.54 Å². The zero-order valence-electron chi connectivity index (χ0n) is 22.3. The number of amidine groups is 2. The Balaban J connectivity index is 0.00000194. The molecular formula is C32H41N3. The molecule has 0 aliphatic heterocycles. The molecule has 0 heterocycles. The number of nitrogens with zero attached hydrogens (tertiary/aromatic N) is 2. The Bertz CT molecular complexity index is 1110. The number of allylic oxidation sites excluding steroid dienone is 5. The van der Waals surface area contributed by atoms with Gasteiger partial charge in [-0.05, 0) is 44.4 Å². The van der Waals surface area contributed by atoms with E-state index in [2.05, 4.69) is 63.7 Å². The van der Waals surface area contributed by atoms with Crippen molar-refractivity contribution >= 4 is 11.7 Å². The Hall–Kier alpha value is -3.72. The van der Waals surface area contributed by atoms with Crippen molar-refractivity contribution in [3.05, 3.63) is 120 Å². The summed E-state index contributed by atoms with van der Waals surface area (Å²) in [6.45, 7) is 16.5. The molecule has 0 saturated carbocycles. The Kier molecular flexibility index (Phi) is 14.1. The SMILES string of the molecule is C=C/C=C(\C=C/C)CN=C(N=C(N)c1ccc(-c2cccc(C)c2)cc1)C(/C=C\C)=C/C.CCC. The average Bonchev–Trinajstić information content (AvgIpc) is 2.86. The minimum atomic E-state index is 0.434. The minimum Gasteiger partial charge on any atom is -0.383 e. The van der Waals surface area contributed by atoms with Gasteiger partial charge in [-0.15, -0.1) is 0 Å². The molecule has 3 heteroatoms. The lowest BCUT2D eigenvalue weighted by Crippen LogP contribution is -2.16. The number of hydrogen-bond acceptors (Lipinski definition) is 1. The monoisotopic (exact) mass is 467 g/mol. The van der Waals surface area contributed by atoms with Gasteiger partial charge in [-0.2, -0.15) is 0 Å². The van der Waals surface area contributed by atoms with Crippen LogP contribution in [0.25, 0.3) is 11.1 Å². The Morgan fingerprint density at radius 3 is 2.14 bits per heavy atom. The lowest BCUT2D eigenvalue weighted by Gasteiger charge is -2.08. The van der Waals surface area contributed by atoms with Gasteiger partial charge in [0.15, 0.2) is 5.84 Å². The van der Waals surface area contributed by atoms with Gasteiger partial charge in [-0.1, -0.05) is 123 Å². The average molecular weight is 468 g/mol. The Labute approximate surface area is 212 Å². The normalized spacial score (nSPS) is 13.2. The fraction of sp³-hybridized carbons (Fsp3) is 0.250. The molecule has 0 aliphatic rings. The molecular weight excluding hydrogens is 426 g/mol. The number of rotatable bonds is 8. The van der Waals surface area contributed by atoms with Crippen LogP contribution in [0.3, 0.4) is 0 Å². The van der Waals surface area contributed by atoms with Crippen molar-refractivity contribution in [3.63, 3.8) is 0 Å². The number of aliphatic imine (C=N–C) groups is 2. The van der Waals surface area contributed by atoms with E-state index in [9.17, 15) is 0 Å². The van der Waals surface area contributed by atoms with Crippen LogP contribution in [0, 0.1) is 6.92 Å². The zero-order chi connectivity index (χ0) is 26.1. The summed E-state index contributed by atoms with van der Waals surface area (Å²) in [7, 11) is 0. The van der Waals surface area contributed by atoms with Crippen molar-refractivity contribution in [2.24, 2.45) is 15.7 Å². The third kappa shape index (κ3) is 10.4. The highest BCUT2D eigenvalue weighted by Gasteiger charge is 2.07. The van der Waals surface area contributed by atoms with Crippen LogP contribution in [-0.4, -0.2) is 18.2 Å². The van der Waals surface area contributed by atoms with E-state index in [4.69, 9.17) is 15.7 Å². The fourth-order valence-electron chi connectivity index (χ4n) is 3.20. The Morgan fingerprint density at radius 2 is 1.60 bits per heavy atom. The van der Waals surface area contributed by atoms with Crippen molar-refractivity contribution < 1.29 is 0 Å². The van der Waals surface area contributed by atoms with Crippen molar-refractivity contribution in [3.8, 4) is 11.1 Å². The molecule has 3 nitrogen and oxygen atoms in total. The van der Waals surface area contributed by atoms with Gasteiger partial charge < -0.3 is 5.73 Å². The molecule has 35 heavy (non-hydrogen) atoms. The summed E-state index contributed by atoms with van der Waals surface area (Å²) in [5, 5.41) is 0. The van der Waals surface area contributed by atoms with E-state index in [1.807, 2.05) is 69.4 Å². The summed E-state index contributed by atoms with van der Waals surface area (Å²) in [4.78, 5) is 9.45. The summed E-state index contributed by atoms with van der Waals surface area (Å²) >= 11 is 0. The molecule has 2 N–H and O–H groups in total. The van der Waals surface area contributed by atoms with E-state index in [1.165, 1.54) is 17.5 Å². The maximum atomic E-state index is 6.39. The van der Waals surface area contributed by atoms with Crippen LogP contribution in [0.4, 0.5) is 0 Å². The molecule has 0 amide bonds. The lowest BCUT2D eigenvalue weighted by atomic mass is 10.0. The van der Waals surface area contributed by atoms with Crippen LogP contribution in [0.2, 0.25) is 0 Å². The van der Waals surface area contributed by atoms with E-state index < -0.39 is 0 Å². The van der Waals surface area contributed by atoms with E-state index >= 15 is 0 Å². The molecule has 0 unspecified atom stereocenters.